The van der Waals surface area contributed by atoms with E-state index in [4.69, 9.17) is 4.74 Å². The molecule has 17 heavy (non-hydrogen) atoms. The van der Waals surface area contributed by atoms with E-state index in [-0.39, 0.29) is 0 Å². The maximum Gasteiger partial charge on any atom is 0.417 e. The number of alkyl halides is 3. The molecule has 1 aromatic rings. The summed E-state index contributed by atoms with van der Waals surface area (Å²) in [6, 6.07) is 1.06. The van der Waals surface area contributed by atoms with E-state index in [1.807, 2.05) is 0 Å². The Bertz CT molecular complexity index is 344. The average Bonchev–Trinajstić information content (AvgIpc) is 2.70. The highest BCUT2D eigenvalue weighted by atomic mass is 32.1. The lowest BCUT2D eigenvalue weighted by Crippen LogP contribution is -2.01. The van der Waals surface area contributed by atoms with Crippen LogP contribution in [0.3, 0.4) is 0 Å². The lowest BCUT2D eigenvalue weighted by Gasteiger charge is -1.99. The largest absolute Gasteiger partial charge is 0.417 e. The van der Waals surface area contributed by atoms with Crippen LogP contribution in [0.1, 0.15) is 19.4 Å². The van der Waals surface area contributed by atoms with E-state index in [1.54, 1.807) is 7.11 Å². The maximum absolute atomic E-state index is 11.6. The van der Waals surface area contributed by atoms with Crippen molar-refractivity contribution in [2.45, 2.75) is 20.0 Å². The molecule has 0 spiro atoms. The Morgan fingerprint density at radius 1 is 1.41 bits per heavy atom. The number of hydrogen-bond acceptors (Lipinski definition) is 2. The average molecular weight is 264 g/mol. The van der Waals surface area contributed by atoms with Crippen LogP contribution in [0.2, 0.25) is 0 Å². The number of ether oxygens (including phenoxy) is 1. The summed E-state index contributed by atoms with van der Waals surface area (Å²) in [6.45, 7) is 4.67. The lowest BCUT2D eigenvalue weighted by atomic mass is 10.2. The predicted octanol–water partition coefficient (Wildman–Crippen LogP) is 4.06. The summed E-state index contributed by atoms with van der Waals surface area (Å²) in [5, 5.41) is 2.49. The molecule has 0 saturated heterocycles. The summed E-state index contributed by atoms with van der Waals surface area (Å²) >= 11 is 1.05. The molecule has 1 nitrogen and oxygen atoms in total. The van der Waals surface area contributed by atoms with Crippen molar-refractivity contribution in [1.82, 2.24) is 0 Å². The van der Waals surface area contributed by atoms with E-state index in [0.29, 0.717) is 12.5 Å². The molecule has 1 rings (SSSR count). The zero-order valence-corrected chi connectivity index (χ0v) is 10.8. The normalized spacial score (nSPS) is 10.3. The van der Waals surface area contributed by atoms with E-state index in [2.05, 4.69) is 25.7 Å². The van der Waals surface area contributed by atoms with Gasteiger partial charge in [0.25, 0.3) is 0 Å². The summed E-state index contributed by atoms with van der Waals surface area (Å²) in [5.41, 5.74) is -0.563. The molecule has 0 unspecified atom stereocenters. The van der Waals surface area contributed by atoms with Gasteiger partial charge in [-0.25, -0.2) is 0 Å². The van der Waals surface area contributed by atoms with Gasteiger partial charge in [-0.1, -0.05) is 25.7 Å². The van der Waals surface area contributed by atoms with Crippen LogP contribution in [0.25, 0.3) is 0 Å². The van der Waals surface area contributed by atoms with Gasteiger partial charge in [0.1, 0.15) is 6.61 Å². The third kappa shape index (κ3) is 8.78. The molecule has 0 aliphatic heterocycles. The fraction of sp³-hybridized carbons (Fsp3) is 0.500. The molecule has 0 saturated carbocycles. The molecular weight excluding hydrogens is 249 g/mol. The number of hydrogen-bond donors (Lipinski definition) is 0. The highest BCUT2D eigenvalue weighted by Gasteiger charge is 2.30. The van der Waals surface area contributed by atoms with Crippen LogP contribution in [0.5, 0.6) is 0 Å². The van der Waals surface area contributed by atoms with E-state index in [9.17, 15) is 13.2 Å². The van der Waals surface area contributed by atoms with Crippen LogP contribution in [-0.4, -0.2) is 13.7 Å². The van der Waals surface area contributed by atoms with Crippen molar-refractivity contribution in [2.24, 2.45) is 5.92 Å². The number of rotatable bonds is 1. The Kier molecular flexibility index (Phi) is 7.68. The van der Waals surface area contributed by atoms with Gasteiger partial charge in [-0.15, -0.1) is 0 Å². The molecule has 0 radical (unpaired) electrons. The van der Waals surface area contributed by atoms with E-state index < -0.39 is 11.7 Å². The van der Waals surface area contributed by atoms with Crippen LogP contribution in [0.4, 0.5) is 13.2 Å². The topological polar surface area (TPSA) is 9.23 Å². The molecule has 0 fully saturated rings. The molecule has 0 atom stereocenters. The molecule has 0 bridgehead atoms. The minimum absolute atomic E-state index is 0.463. The summed E-state index contributed by atoms with van der Waals surface area (Å²) in [4.78, 5) is 0. The third-order valence-electron chi connectivity index (χ3n) is 1.46. The predicted molar refractivity (Wildman–Crippen MR) is 63.8 cm³/mol. The first-order valence-corrected chi connectivity index (χ1v) is 5.89. The van der Waals surface area contributed by atoms with Gasteiger partial charge in [0.2, 0.25) is 0 Å². The Hall–Kier alpha value is -0.990. The number of thiophene rings is 1. The van der Waals surface area contributed by atoms with Crippen LogP contribution in [-0.2, 0) is 10.9 Å². The summed E-state index contributed by atoms with van der Waals surface area (Å²) in [5.74, 6) is 6.30. The molecule has 0 aromatic carbocycles. The number of halogens is 3. The van der Waals surface area contributed by atoms with Crippen LogP contribution >= 0.6 is 11.3 Å². The first-order chi connectivity index (χ1) is 7.88. The molecule has 5 heteroatoms. The minimum Gasteiger partial charge on any atom is -0.372 e. The Labute approximate surface area is 104 Å². The fourth-order valence-corrected chi connectivity index (χ4v) is 1.41. The third-order valence-corrected chi connectivity index (χ3v) is 2.14. The molecule has 0 amide bonds. The van der Waals surface area contributed by atoms with Gasteiger partial charge in [-0.05, 0) is 11.4 Å². The molecule has 1 aromatic heterocycles. The molecule has 0 N–H and O–H groups in total. The van der Waals surface area contributed by atoms with Crippen LogP contribution in [0, 0.1) is 17.8 Å². The monoisotopic (exact) mass is 264 g/mol. The number of methoxy groups -OCH3 is 1. The lowest BCUT2D eigenvalue weighted by molar-refractivity contribution is -0.137. The Morgan fingerprint density at radius 3 is 2.35 bits per heavy atom. The van der Waals surface area contributed by atoms with Crippen molar-refractivity contribution in [2.75, 3.05) is 13.7 Å². The molecule has 1 heterocycles. The zero-order valence-electron chi connectivity index (χ0n) is 9.97. The van der Waals surface area contributed by atoms with Gasteiger partial charge in [0, 0.05) is 18.4 Å². The van der Waals surface area contributed by atoms with Gasteiger partial charge in [0.15, 0.2) is 0 Å². The minimum atomic E-state index is -4.17. The van der Waals surface area contributed by atoms with Crippen molar-refractivity contribution < 1.29 is 17.9 Å². The second-order valence-electron chi connectivity index (χ2n) is 3.42. The van der Waals surface area contributed by atoms with Crippen molar-refractivity contribution >= 4 is 11.3 Å². The van der Waals surface area contributed by atoms with E-state index >= 15 is 0 Å². The van der Waals surface area contributed by atoms with Gasteiger partial charge in [-0.2, -0.15) is 24.5 Å². The van der Waals surface area contributed by atoms with E-state index in [1.165, 1.54) is 5.38 Å². The smallest absolute Gasteiger partial charge is 0.372 e. The van der Waals surface area contributed by atoms with Crippen LogP contribution in [0.15, 0.2) is 16.8 Å². The second-order valence-corrected chi connectivity index (χ2v) is 4.20. The SMILES string of the molecule is COCC#CC(C)C.FC(F)(F)c1ccsc1. The second kappa shape index (κ2) is 8.15. The Morgan fingerprint density at radius 2 is 2.06 bits per heavy atom. The van der Waals surface area contributed by atoms with Crippen LogP contribution < -0.4 is 0 Å². The highest BCUT2D eigenvalue weighted by Crippen LogP contribution is 2.30. The van der Waals surface area contributed by atoms with Crippen molar-refractivity contribution in [3.05, 3.63) is 22.4 Å². The summed E-state index contributed by atoms with van der Waals surface area (Å²) < 4.78 is 39.6. The van der Waals surface area contributed by atoms with Crippen molar-refractivity contribution in [1.29, 1.82) is 0 Å². The standard InChI is InChI=1S/C7H12O.C5H3F3S/c1-7(2)5-4-6-8-3;6-5(7,8)4-1-2-9-3-4/h7H,6H2,1-3H3;1-3H. The van der Waals surface area contributed by atoms with E-state index in [0.717, 1.165) is 22.8 Å². The van der Waals surface area contributed by atoms with Gasteiger partial charge in [0.05, 0.1) is 5.56 Å². The molecule has 0 aliphatic rings. The molecular formula is C12H15F3OS. The van der Waals surface area contributed by atoms with Crippen molar-refractivity contribution in [3.8, 4) is 11.8 Å². The molecule has 0 aliphatic carbocycles. The Balaban J connectivity index is 0.000000304. The van der Waals surface area contributed by atoms with Crippen molar-refractivity contribution in [3.63, 3.8) is 0 Å². The van der Waals surface area contributed by atoms with Gasteiger partial charge < -0.3 is 4.74 Å². The zero-order chi connectivity index (χ0) is 13.3. The molecule has 96 valence electrons. The summed E-state index contributed by atoms with van der Waals surface area (Å²) in [6.07, 6.45) is -4.17. The first kappa shape index (κ1) is 16.0. The summed E-state index contributed by atoms with van der Waals surface area (Å²) in [7, 11) is 1.65. The fourth-order valence-electron chi connectivity index (χ4n) is 0.744. The van der Waals surface area contributed by atoms with Gasteiger partial charge >= 0.3 is 6.18 Å². The quantitative estimate of drug-likeness (QED) is 0.695. The maximum atomic E-state index is 11.6. The van der Waals surface area contributed by atoms with Gasteiger partial charge in [-0.3, -0.25) is 0 Å². The highest BCUT2D eigenvalue weighted by molar-refractivity contribution is 7.07. The first-order valence-electron chi connectivity index (χ1n) is 4.94.